The Balaban J connectivity index is 1.60. The molecule has 15 nitrogen and oxygen atoms in total. The summed E-state index contributed by atoms with van der Waals surface area (Å²) >= 11 is 0. The van der Waals surface area contributed by atoms with Crippen LogP contribution in [0.15, 0.2) is 107 Å². The van der Waals surface area contributed by atoms with Crippen molar-refractivity contribution in [1.82, 2.24) is 20.1 Å². The van der Waals surface area contributed by atoms with Gasteiger partial charge in [-0.1, -0.05) is 36.4 Å². The van der Waals surface area contributed by atoms with Gasteiger partial charge in [-0.3, -0.25) is 14.4 Å². The topological polar surface area (TPSA) is 249 Å². The zero-order valence-electron chi connectivity index (χ0n) is 44.0. The fourth-order valence-corrected chi connectivity index (χ4v) is 13.5. The largest absolute Gasteiger partial charge is 0.505 e. The number of aliphatic hydroxyl groups is 2. The van der Waals surface area contributed by atoms with E-state index >= 15 is 40.7 Å². The highest BCUT2D eigenvalue weighted by atomic mass is 32.2. The van der Waals surface area contributed by atoms with Crippen LogP contribution < -0.4 is 20.1 Å². The van der Waals surface area contributed by atoms with Crippen LogP contribution in [0.3, 0.4) is 0 Å². The molecule has 4 aromatic carbocycles. The van der Waals surface area contributed by atoms with Crippen LogP contribution in [0.4, 0.5) is 26.3 Å². The van der Waals surface area contributed by atoms with Crippen LogP contribution >= 0.6 is 0 Å². The van der Waals surface area contributed by atoms with Crippen LogP contribution in [-0.4, -0.2) is 106 Å². The molecule has 4 aliphatic rings. The molecule has 0 spiro atoms. The van der Waals surface area contributed by atoms with E-state index in [1.54, 1.807) is 0 Å². The molecule has 23 heteroatoms. The third-order valence-corrected chi connectivity index (χ3v) is 17.6. The molecule has 2 heterocycles. The van der Waals surface area contributed by atoms with Crippen LogP contribution in [0, 0.1) is 71.6 Å². The van der Waals surface area contributed by atoms with Gasteiger partial charge in [-0.2, -0.15) is 0 Å². The van der Waals surface area contributed by atoms with E-state index in [4.69, 9.17) is 0 Å². The number of carbonyl (C=O) groups excluding carboxylic acids is 3. The van der Waals surface area contributed by atoms with Crippen molar-refractivity contribution in [2.75, 3.05) is 51.8 Å². The maximum atomic E-state index is 19.5. The van der Waals surface area contributed by atoms with Crippen molar-refractivity contribution >= 4 is 48.5 Å². The van der Waals surface area contributed by atoms with Gasteiger partial charge in [-0.05, 0) is 149 Å². The summed E-state index contributed by atoms with van der Waals surface area (Å²) in [7, 11) is -8.68. The summed E-state index contributed by atoms with van der Waals surface area (Å²) in [5, 5.41) is 53.4. The lowest BCUT2D eigenvalue weighted by Gasteiger charge is -2.54. The average molecular weight is 1160 g/mol. The summed E-state index contributed by atoms with van der Waals surface area (Å²) in [6, 6.07) is 12.6. The molecular formula is C57H60F6N4O11S2. The van der Waals surface area contributed by atoms with E-state index < -0.39 is 189 Å². The van der Waals surface area contributed by atoms with Crippen LogP contribution in [0.25, 0.3) is 11.1 Å². The number of phenolic OH excluding ortho intramolecular Hbond substituents is 2. The number of hydrogen-bond acceptors (Lipinski definition) is 13. The highest BCUT2D eigenvalue weighted by molar-refractivity contribution is 7.89. The number of aromatic hydroxyl groups is 2. The Labute approximate surface area is 458 Å². The second-order valence-corrected chi connectivity index (χ2v) is 24.6. The van der Waals surface area contributed by atoms with E-state index in [0.29, 0.717) is 25.6 Å². The molecule has 6 atom stereocenters. The second kappa shape index (κ2) is 23.1. The van der Waals surface area contributed by atoms with E-state index in [-0.39, 0.29) is 61.0 Å². The molecule has 2 fully saturated rings. The van der Waals surface area contributed by atoms with Crippen molar-refractivity contribution in [2.45, 2.75) is 52.4 Å². The van der Waals surface area contributed by atoms with Gasteiger partial charge < -0.3 is 31.1 Å². The number of ketones is 3. The predicted octanol–water partition coefficient (Wildman–Crippen LogP) is 8.40. The number of aliphatic hydroxyl groups excluding tert-OH is 2. The Bertz CT molecular complexity index is 3330. The molecule has 8 rings (SSSR count). The van der Waals surface area contributed by atoms with E-state index in [0.717, 1.165) is 60.7 Å². The number of rotatable bonds is 18. The fraction of sp³-hybridized carbons (Fsp3) is 0.386. The first kappa shape index (κ1) is 59.5. The van der Waals surface area contributed by atoms with Crippen molar-refractivity contribution < 1.29 is 78.0 Å². The van der Waals surface area contributed by atoms with Crippen LogP contribution in [0.5, 0.6) is 11.5 Å². The molecule has 0 radical (unpaired) electrons. The average Bonchev–Trinajstić information content (AvgIpc) is 2.56. The molecule has 80 heavy (non-hydrogen) atoms. The number of hydrogen-bond donors (Lipinski definition) is 8. The van der Waals surface area contributed by atoms with Gasteiger partial charge in [0.15, 0.2) is 63.7 Å². The summed E-state index contributed by atoms with van der Waals surface area (Å²) in [6.07, 6.45) is -0.570. The summed E-state index contributed by atoms with van der Waals surface area (Å²) in [4.78, 5) is 49.4. The van der Waals surface area contributed by atoms with E-state index in [1.807, 2.05) is 0 Å². The van der Waals surface area contributed by atoms with Gasteiger partial charge in [-0.25, -0.2) is 52.6 Å². The number of Topliss-reactive ketones (excluding diaryl/α,β-unsaturated/α-hetero) is 3. The van der Waals surface area contributed by atoms with E-state index in [2.05, 4.69) is 20.1 Å². The zero-order valence-corrected chi connectivity index (χ0v) is 45.6. The second-order valence-electron chi connectivity index (χ2n) is 20.9. The Morgan fingerprint density at radius 2 is 0.938 bits per heavy atom. The van der Waals surface area contributed by atoms with Crippen molar-refractivity contribution in [1.29, 1.82) is 0 Å². The van der Waals surface area contributed by atoms with Gasteiger partial charge in [0, 0.05) is 47.2 Å². The standard InChI is InChI=1S/C57H60F6N4O11S2/c1-29-33(13-5-17-37(29)58)41-43(49(70)35-15-7-19-39(68)47(35)60)45(31-11-9-23-64-27-31)56(53(62)51(41)72,21-25-66-79(3,75)76)55(74)57(22-26-67-80(4,77)78)46(32-12-10-24-65-28-32)44(50(71)36-16-8-20-40(69)48(36)61)42(52(73)54(57)63)34-14-6-18-38(59)30(34)2/h5-8,13-20,31-32,45-46,64-69,72-73H,9-12,21-28H2,1-4H3/t31?,32?,45-,46-,56+,57+/m0/s1. The molecule has 2 unspecified atom stereocenters. The molecule has 4 aromatic rings. The summed E-state index contributed by atoms with van der Waals surface area (Å²) in [6.45, 7) is 0.632. The van der Waals surface area contributed by atoms with Gasteiger partial charge in [0.2, 0.25) is 20.0 Å². The maximum Gasteiger partial charge on any atom is 0.208 e. The lowest BCUT2D eigenvalue weighted by atomic mass is 9.47. The molecule has 2 aliphatic heterocycles. The number of piperidine rings is 2. The highest BCUT2D eigenvalue weighted by Crippen LogP contribution is 2.65. The third-order valence-electron chi connectivity index (χ3n) is 16.1. The molecule has 2 aliphatic carbocycles. The Kier molecular flexibility index (Phi) is 17.2. The van der Waals surface area contributed by atoms with Crippen molar-refractivity contribution in [3.8, 4) is 11.5 Å². The smallest absolute Gasteiger partial charge is 0.208 e. The lowest BCUT2D eigenvalue weighted by Crippen LogP contribution is -2.61. The van der Waals surface area contributed by atoms with Gasteiger partial charge in [0.05, 0.1) is 34.5 Å². The SMILES string of the molecule is Cc1c(F)cccc1C1=C(C(=O)c2cccc(O)c2F)[C@H](C2CCCNC2)[C@@](CCNS(C)(=O)=O)(C(=O)[C@@]2(CCNS(C)(=O)=O)C(F)=C(O)C(c3cccc(F)c3C)=C(C(=O)c3cccc(O)c3F)[C@@H]2C2CCCNC2)C(F)=C1O. The molecule has 0 aromatic heterocycles. The molecule has 0 amide bonds. The van der Waals surface area contributed by atoms with E-state index in [9.17, 15) is 37.3 Å². The molecule has 0 saturated carbocycles. The summed E-state index contributed by atoms with van der Waals surface area (Å²) in [5.74, 6) is -25.3. The highest BCUT2D eigenvalue weighted by Gasteiger charge is 2.69. The first-order valence-corrected chi connectivity index (χ1v) is 29.6. The van der Waals surface area contributed by atoms with Gasteiger partial charge in [0.1, 0.15) is 11.6 Å². The number of phenols is 2. The minimum Gasteiger partial charge on any atom is -0.505 e. The minimum absolute atomic E-state index is 0.0411. The maximum absolute atomic E-state index is 19.5. The normalized spacial score (nSPS) is 24.1. The number of allylic oxidation sites excluding steroid dienone is 6. The Hall–Kier alpha value is -6.63. The molecule has 2 saturated heterocycles. The van der Waals surface area contributed by atoms with Gasteiger partial charge in [0.25, 0.3) is 0 Å². The molecule has 0 bridgehead atoms. The zero-order chi connectivity index (χ0) is 58.4. The summed E-state index contributed by atoms with van der Waals surface area (Å²) < 4.78 is 160. The first-order chi connectivity index (χ1) is 37.7. The Morgan fingerprint density at radius 1 is 0.575 bits per heavy atom. The van der Waals surface area contributed by atoms with E-state index in [1.165, 1.54) is 26.0 Å². The quantitative estimate of drug-likeness (QED) is 0.0345. The number of nitrogens with one attached hydrogen (secondary N) is 4. The van der Waals surface area contributed by atoms with Gasteiger partial charge >= 0.3 is 0 Å². The van der Waals surface area contributed by atoms with Crippen molar-refractivity contribution in [2.24, 2.45) is 34.5 Å². The summed E-state index contributed by atoms with van der Waals surface area (Å²) in [5.41, 5.74) is -13.0. The number of carbonyl (C=O) groups is 3. The fourth-order valence-electron chi connectivity index (χ4n) is 12.6. The first-order valence-electron chi connectivity index (χ1n) is 25.8. The van der Waals surface area contributed by atoms with Gasteiger partial charge in [-0.15, -0.1) is 0 Å². The predicted molar refractivity (Wildman–Crippen MR) is 285 cm³/mol. The molecule has 428 valence electrons. The number of benzene rings is 4. The molecule has 8 N–H and O–H groups in total. The van der Waals surface area contributed by atoms with Crippen LogP contribution in [0.2, 0.25) is 0 Å². The number of sulfonamides is 2. The third kappa shape index (κ3) is 10.7. The lowest BCUT2D eigenvalue weighted by molar-refractivity contribution is -0.146. The monoisotopic (exact) mass is 1150 g/mol. The number of halogens is 6. The van der Waals surface area contributed by atoms with Crippen LogP contribution in [-0.2, 0) is 24.8 Å². The van der Waals surface area contributed by atoms with Crippen molar-refractivity contribution in [3.05, 3.63) is 164 Å². The van der Waals surface area contributed by atoms with Crippen LogP contribution in [0.1, 0.15) is 81.5 Å². The van der Waals surface area contributed by atoms with Crippen molar-refractivity contribution in [3.63, 3.8) is 0 Å². The minimum atomic E-state index is -4.34. The Morgan fingerprint density at radius 3 is 1.27 bits per heavy atom. The molecular weight excluding hydrogens is 1090 g/mol.